The molecule has 0 aromatic rings. The number of carbonyl (C=O) groups excluding carboxylic acids is 1. The Morgan fingerprint density at radius 3 is 2.13 bits per heavy atom. The van der Waals surface area contributed by atoms with Crippen molar-refractivity contribution in [1.82, 2.24) is 4.90 Å². The minimum atomic E-state index is -4.24. The molecule has 0 saturated carbocycles. The Morgan fingerprint density at radius 1 is 1.33 bits per heavy atom. The van der Waals surface area contributed by atoms with E-state index in [1.54, 1.807) is 13.8 Å². The lowest BCUT2D eigenvalue weighted by Crippen LogP contribution is -2.41. The highest BCUT2D eigenvalue weighted by molar-refractivity contribution is 6.19. The van der Waals surface area contributed by atoms with E-state index in [1.807, 2.05) is 0 Å². The molecule has 0 bridgehead atoms. The minimum Gasteiger partial charge on any atom is -0.345 e. The van der Waals surface area contributed by atoms with Gasteiger partial charge in [0.15, 0.2) is 0 Å². The van der Waals surface area contributed by atoms with Gasteiger partial charge in [-0.2, -0.15) is 13.2 Å². The summed E-state index contributed by atoms with van der Waals surface area (Å²) in [6, 6.07) is 0. The van der Waals surface area contributed by atoms with Crippen LogP contribution in [-0.2, 0) is 4.79 Å². The van der Waals surface area contributed by atoms with Crippen molar-refractivity contribution in [1.29, 1.82) is 0 Å². The van der Waals surface area contributed by atoms with Gasteiger partial charge in [0, 0.05) is 19.5 Å². The predicted molar refractivity (Wildman–Crippen MR) is 52.8 cm³/mol. The largest absolute Gasteiger partial charge is 0.390 e. The van der Waals surface area contributed by atoms with Crippen LogP contribution in [0.25, 0.3) is 0 Å². The molecule has 0 heterocycles. The molecule has 0 aliphatic heterocycles. The summed E-state index contributed by atoms with van der Waals surface area (Å²) < 4.78 is 35.7. The third-order valence-electron chi connectivity index (χ3n) is 1.99. The molecular weight excluding hydrogens is 231 g/mol. The van der Waals surface area contributed by atoms with Crippen LogP contribution in [-0.4, -0.2) is 36.5 Å². The molecule has 0 rings (SSSR count). The summed E-state index contributed by atoms with van der Waals surface area (Å²) in [4.78, 5) is 12.7. The lowest BCUT2D eigenvalue weighted by molar-refractivity contribution is -0.148. The maximum absolute atomic E-state index is 11.9. The predicted octanol–water partition coefficient (Wildman–Crippen LogP) is 2.66. The van der Waals surface area contributed by atoms with Crippen LogP contribution >= 0.6 is 11.6 Å². The highest BCUT2D eigenvalue weighted by Gasteiger charge is 2.32. The molecule has 0 aromatic carbocycles. The molecule has 90 valence electrons. The first-order valence-corrected chi connectivity index (χ1v) is 5.02. The Balaban J connectivity index is 4.23. The number of carbonyl (C=O) groups is 1. The molecule has 0 radical (unpaired) electrons. The molecular formula is C9H15ClF3NO. The SMILES string of the molecule is CN(CCC(F)(F)F)C(=O)C(C)(C)CCl. The van der Waals surface area contributed by atoms with Gasteiger partial charge in [-0.3, -0.25) is 4.79 Å². The fourth-order valence-corrected chi connectivity index (χ4v) is 1.08. The van der Waals surface area contributed by atoms with Crippen LogP contribution in [0.5, 0.6) is 0 Å². The Morgan fingerprint density at radius 2 is 1.80 bits per heavy atom. The third-order valence-corrected chi connectivity index (χ3v) is 2.66. The van der Waals surface area contributed by atoms with Crippen molar-refractivity contribution in [2.75, 3.05) is 19.5 Å². The molecule has 0 N–H and O–H groups in total. The highest BCUT2D eigenvalue weighted by atomic mass is 35.5. The molecule has 0 fully saturated rings. The Bertz CT molecular complexity index is 228. The van der Waals surface area contributed by atoms with Crippen molar-refractivity contribution in [3.05, 3.63) is 0 Å². The molecule has 0 aromatic heterocycles. The third kappa shape index (κ3) is 5.25. The number of hydrogen-bond acceptors (Lipinski definition) is 1. The second kappa shape index (κ2) is 5.05. The zero-order valence-corrected chi connectivity index (χ0v) is 9.74. The topological polar surface area (TPSA) is 20.3 Å². The van der Waals surface area contributed by atoms with Gasteiger partial charge in [-0.15, -0.1) is 11.6 Å². The average molecular weight is 246 g/mol. The molecule has 0 aliphatic rings. The van der Waals surface area contributed by atoms with E-state index >= 15 is 0 Å². The number of nitrogens with zero attached hydrogens (tertiary/aromatic N) is 1. The molecule has 15 heavy (non-hydrogen) atoms. The summed E-state index contributed by atoms with van der Waals surface area (Å²) in [5.41, 5.74) is -0.818. The molecule has 0 spiro atoms. The van der Waals surface area contributed by atoms with Crippen molar-refractivity contribution in [3.8, 4) is 0 Å². The minimum absolute atomic E-state index is 0.0855. The number of hydrogen-bond donors (Lipinski definition) is 0. The fourth-order valence-electron chi connectivity index (χ4n) is 0.970. The summed E-state index contributed by atoms with van der Waals surface area (Å²) in [7, 11) is 1.35. The van der Waals surface area contributed by atoms with Crippen molar-refractivity contribution in [2.24, 2.45) is 5.41 Å². The van der Waals surface area contributed by atoms with Gasteiger partial charge in [0.1, 0.15) is 0 Å². The van der Waals surface area contributed by atoms with Crippen LogP contribution in [0, 0.1) is 5.41 Å². The first-order chi connectivity index (χ1) is 6.60. The molecule has 0 atom stereocenters. The highest BCUT2D eigenvalue weighted by Crippen LogP contribution is 2.23. The number of halogens is 4. The summed E-state index contributed by atoms with van der Waals surface area (Å²) in [5, 5.41) is 0. The quantitative estimate of drug-likeness (QED) is 0.698. The smallest absolute Gasteiger partial charge is 0.345 e. The van der Waals surface area contributed by atoms with E-state index < -0.39 is 18.0 Å². The summed E-state index contributed by atoms with van der Waals surface area (Å²) >= 11 is 5.55. The van der Waals surface area contributed by atoms with Crippen LogP contribution < -0.4 is 0 Å². The van der Waals surface area contributed by atoms with Crippen LogP contribution in [0.3, 0.4) is 0 Å². The molecule has 0 aliphatic carbocycles. The normalized spacial score (nSPS) is 12.7. The Labute approximate surface area is 92.4 Å². The monoisotopic (exact) mass is 245 g/mol. The van der Waals surface area contributed by atoms with E-state index in [4.69, 9.17) is 11.6 Å². The first-order valence-electron chi connectivity index (χ1n) is 4.48. The molecule has 0 saturated heterocycles. The summed E-state index contributed by atoms with van der Waals surface area (Å²) in [6.07, 6.45) is -5.23. The lowest BCUT2D eigenvalue weighted by atomic mass is 9.94. The van der Waals surface area contributed by atoms with E-state index in [1.165, 1.54) is 7.05 Å². The van der Waals surface area contributed by atoms with Gasteiger partial charge in [-0.05, 0) is 13.8 Å². The maximum atomic E-state index is 11.9. The van der Waals surface area contributed by atoms with Gasteiger partial charge < -0.3 is 4.90 Å². The van der Waals surface area contributed by atoms with Gasteiger partial charge >= 0.3 is 6.18 Å². The average Bonchev–Trinajstić information content (AvgIpc) is 2.11. The Hall–Kier alpha value is -0.450. The molecule has 1 amide bonds. The first kappa shape index (κ1) is 14.6. The van der Waals surface area contributed by atoms with Crippen LogP contribution in [0.2, 0.25) is 0 Å². The fraction of sp³-hybridized carbons (Fsp3) is 0.889. The van der Waals surface area contributed by atoms with Crippen molar-refractivity contribution in [2.45, 2.75) is 26.4 Å². The Kier molecular flexibility index (Phi) is 4.90. The zero-order valence-electron chi connectivity index (χ0n) is 8.99. The maximum Gasteiger partial charge on any atom is 0.390 e. The van der Waals surface area contributed by atoms with Gasteiger partial charge in [0.05, 0.1) is 11.8 Å². The second-order valence-corrected chi connectivity index (χ2v) is 4.38. The van der Waals surface area contributed by atoms with E-state index in [-0.39, 0.29) is 18.3 Å². The van der Waals surface area contributed by atoms with E-state index in [9.17, 15) is 18.0 Å². The zero-order chi connectivity index (χ0) is 12.3. The standard InChI is InChI=1S/C9H15ClF3NO/c1-8(2,6-10)7(15)14(3)5-4-9(11,12)13/h4-6H2,1-3H3. The van der Waals surface area contributed by atoms with Crippen molar-refractivity contribution in [3.63, 3.8) is 0 Å². The van der Waals surface area contributed by atoms with E-state index in [0.29, 0.717) is 0 Å². The van der Waals surface area contributed by atoms with Crippen LogP contribution in [0.1, 0.15) is 20.3 Å². The van der Waals surface area contributed by atoms with Gasteiger partial charge in [0.25, 0.3) is 0 Å². The van der Waals surface area contributed by atoms with Crippen LogP contribution in [0.15, 0.2) is 0 Å². The van der Waals surface area contributed by atoms with Gasteiger partial charge in [-0.1, -0.05) is 0 Å². The summed E-state index contributed by atoms with van der Waals surface area (Å²) in [6.45, 7) is 2.88. The van der Waals surface area contributed by atoms with E-state index in [2.05, 4.69) is 0 Å². The number of rotatable bonds is 4. The number of alkyl halides is 4. The number of amides is 1. The molecule has 0 unspecified atom stereocenters. The second-order valence-electron chi connectivity index (χ2n) is 4.11. The summed E-state index contributed by atoms with van der Waals surface area (Å²) in [5.74, 6) is -0.288. The van der Waals surface area contributed by atoms with Gasteiger partial charge in [-0.25, -0.2) is 0 Å². The molecule has 6 heteroatoms. The van der Waals surface area contributed by atoms with Crippen LogP contribution in [0.4, 0.5) is 13.2 Å². The van der Waals surface area contributed by atoms with Crippen molar-refractivity contribution < 1.29 is 18.0 Å². The lowest BCUT2D eigenvalue weighted by Gasteiger charge is -2.27. The van der Waals surface area contributed by atoms with E-state index in [0.717, 1.165) is 4.90 Å². The molecule has 2 nitrogen and oxygen atoms in total. The van der Waals surface area contributed by atoms with Gasteiger partial charge in [0.2, 0.25) is 5.91 Å². The van der Waals surface area contributed by atoms with Crippen molar-refractivity contribution >= 4 is 17.5 Å².